The van der Waals surface area contributed by atoms with Gasteiger partial charge in [-0.1, -0.05) is 54.5 Å². The smallest absolute Gasteiger partial charge is 0.123 e. The summed E-state index contributed by atoms with van der Waals surface area (Å²) < 4.78 is 6.49. The number of methoxy groups -OCH3 is 1. The Balaban J connectivity index is 2.05. The molecule has 1 atom stereocenters. The van der Waals surface area contributed by atoms with Crippen LogP contribution in [-0.2, 0) is 0 Å². The molecule has 1 aliphatic carbocycles. The predicted octanol–water partition coefficient (Wildman–Crippen LogP) is 6.10. The van der Waals surface area contributed by atoms with Crippen molar-refractivity contribution in [2.75, 3.05) is 7.11 Å². The highest BCUT2D eigenvalue weighted by Crippen LogP contribution is 2.39. The second kappa shape index (κ2) is 7.54. The molecule has 1 fully saturated rings. The Morgan fingerprint density at radius 1 is 1.26 bits per heavy atom. The number of hydrogen-bond acceptors (Lipinski definition) is 1. The van der Waals surface area contributed by atoms with Gasteiger partial charge in [0.05, 0.1) is 12.5 Å². The molecular weight excluding hydrogens is 324 g/mol. The first-order valence-corrected chi connectivity index (χ1v) is 8.41. The molecule has 0 bridgehead atoms. The first-order valence-electron chi connectivity index (χ1n) is 7.18. The Morgan fingerprint density at radius 3 is 2.58 bits per heavy atom. The molecule has 106 valence electrons. The zero-order valence-electron chi connectivity index (χ0n) is 11.5. The van der Waals surface area contributed by atoms with Gasteiger partial charge in [0.25, 0.3) is 0 Å². The van der Waals surface area contributed by atoms with Crippen molar-refractivity contribution in [3.05, 3.63) is 28.2 Å². The van der Waals surface area contributed by atoms with Crippen molar-refractivity contribution in [2.45, 2.75) is 50.3 Å². The maximum atomic E-state index is 6.65. The molecule has 1 aromatic rings. The predicted molar refractivity (Wildman–Crippen MR) is 85.1 cm³/mol. The number of benzene rings is 1. The van der Waals surface area contributed by atoms with Crippen LogP contribution >= 0.6 is 27.5 Å². The van der Waals surface area contributed by atoms with E-state index in [0.29, 0.717) is 0 Å². The van der Waals surface area contributed by atoms with Crippen LogP contribution in [0.25, 0.3) is 0 Å². The maximum absolute atomic E-state index is 6.65. The molecular formula is C16H22BrClO. The van der Waals surface area contributed by atoms with Crippen LogP contribution in [0.1, 0.15) is 55.9 Å². The van der Waals surface area contributed by atoms with Crippen LogP contribution in [0.3, 0.4) is 0 Å². The summed E-state index contributed by atoms with van der Waals surface area (Å²) in [7, 11) is 1.71. The van der Waals surface area contributed by atoms with Crippen LogP contribution in [0, 0.1) is 5.92 Å². The van der Waals surface area contributed by atoms with E-state index in [9.17, 15) is 0 Å². The zero-order chi connectivity index (χ0) is 13.7. The van der Waals surface area contributed by atoms with Gasteiger partial charge in [0, 0.05) is 10.0 Å². The van der Waals surface area contributed by atoms with Crippen molar-refractivity contribution in [1.82, 2.24) is 0 Å². The average Bonchev–Trinajstić information content (AvgIpc) is 2.67. The molecule has 0 aromatic heterocycles. The van der Waals surface area contributed by atoms with Gasteiger partial charge in [-0.3, -0.25) is 0 Å². The van der Waals surface area contributed by atoms with Crippen LogP contribution in [0.4, 0.5) is 0 Å². The lowest BCUT2D eigenvalue weighted by Crippen LogP contribution is -2.04. The van der Waals surface area contributed by atoms with Gasteiger partial charge in [-0.15, -0.1) is 11.6 Å². The van der Waals surface area contributed by atoms with Crippen molar-refractivity contribution in [2.24, 2.45) is 5.92 Å². The Morgan fingerprint density at radius 2 is 1.95 bits per heavy atom. The second-order valence-electron chi connectivity index (χ2n) is 5.45. The Kier molecular flexibility index (Phi) is 6.03. The lowest BCUT2D eigenvalue weighted by Gasteiger charge is -2.20. The van der Waals surface area contributed by atoms with Crippen LogP contribution in [-0.4, -0.2) is 7.11 Å². The van der Waals surface area contributed by atoms with Gasteiger partial charge in [-0.25, -0.2) is 0 Å². The van der Waals surface area contributed by atoms with E-state index >= 15 is 0 Å². The highest BCUT2D eigenvalue weighted by atomic mass is 79.9. The minimum Gasteiger partial charge on any atom is -0.496 e. The van der Waals surface area contributed by atoms with E-state index in [2.05, 4.69) is 22.0 Å². The summed E-state index contributed by atoms with van der Waals surface area (Å²) in [6, 6.07) is 6.08. The summed E-state index contributed by atoms with van der Waals surface area (Å²) in [5.41, 5.74) is 1.11. The van der Waals surface area contributed by atoms with E-state index in [1.54, 1.807) is 7.11 Å². The third-order valence-corrected chi connectivity index (χ3v) is 4.95. The van der Waals surface area contributed by atoms with Crippen molar-refractivity contribution < 1.29 is 4.74 Å². The number of alkyl halides is 1. The van der Waals surface area contributed by atoms with Gasteiger partial charge in [0.15, 0.2) is 0 Å². The minimum absolute atomic E-state index is 0.0514. The van der Waals surface area contributed by atoms with E-state index in [4.69, 9.17) is 16.3 Å². The first kappa shape index (κ1) is 15.2. The van der Waals surface area contributed by atoms with Crippen LogP contribution < -0.4 is 4.74 Å². The lowest BCUT2D eigenvalue weighted by molar-refractivity contribution is 0.395. The number of ether oxygens (including phenoxy) is 1. The fourth-order valence-corrected chi connectivity index (χ4v) is 3.77. The van der Waals surface area contributed by atoms with Gasteiger partial charge in [-0.05, 0) is 30.5 Å². The summed E-state index contributed by atoms with van der Waals surface area (Å²) in [6.45, 7) is 0. The molecule has 0 amide bonds. The van der Waals surface area contributed by atoms with Crippen molar-refractivity contribution in [1.29, 1.82) is 0 Å². The van der Waals surface area contributed by atoms with Crippen molar-refractivity contribution in [3.63, 3.8) is 0 Å². The standard InChI is InChI=1S/C16H22BrClO/c1-19-16-9-8-13(17)11-14(16)15(18)10-12-6-4-2-3-5-7-12/h8-9,11-12,15H,2-7,10H2,1H3. The lowest BCUT2D eigenvalue weighted by atomic mass is 9.92. The van der Waals surface area contributed by atoms with Crippen LogP contribution in [0.2, 0.25) is 0 Å². The molecule has 1 saturated carbocycles. The van der Waals surface area contributed by atoms with Crippen LogP contribution in [0.5, 0.6) is 5.75 Å². The molecule has 0 spiro atoms. The van der Waals surface area contributed by atoms with Crippen molar-refractivity contribution >= 4 is 27.5 Å². The molecule has 0 heterocycles. The summed E-state index contributed by atoms with van der Waals surface area (Å²) in [5, 5.41) is 0.0514. The van der Waals surface area contributed by atoms with E-state index in [-0.39, 0.29) is 5.38 Å². The topological polar surface area (TPSA) is 9.23 Å². The summed E-state index contributed by atoms with van der Waals surface area (Å²) in [5.74, 6) is 1.67. The third kappa shape index (κ3) is 4.39. The molecule has 3 heteroatoms. The van der Waals surface area contributed by atoms with E-state index in [1.165, 1.54) is 38.5 Å². The highest BCUT2D eigenvalue weighted by molar-refractivity contribution is 9.10. The van der Waals surface area contributed by atoms with Gasteiger partial charge < -0.3 is 4.74 Å². The quantitative estimate of drug-likeness (QED) is 0.473. The largest absolute Gasteiger partial charge is 0.496 e. The Labute approximate surface area is 129 Å². The van der Waals surface area contributed by atoms with E-state index in [1.807, 2.05) is 12.1 Å². The fraction of sp³-hybridized carbons (Fsp3) is 0.625. The average molecular weight is 346 g/mol. The Hall–Kier alpha value is -0.210. The zero-order valence-corrected chi connectivity index (χ0v) is 13.8. The molecule has 0 N–H and O–H groups in total. The molecule has 1 aromatic carbocycles. The molecule has 1 unspecified atom stereocenters. The maximum Gasteiger partial charge on any atom is 0.123 e. The van der Waals surface area contributed by atoms with Gasteiger partial charge in [-0.2, -0.15) is 0 Å². The fourth-order valence-electron chi connectivity index (χ4n) is 2.97. The van der Waals surface area contributed by atoms with Crippen molar-refractivity contribution in [3.8, 4) is 5.75 Å². The molecule has 0 aliphatic heterocycles. The SMILES string of the molecule is COc1ccc(Br)cc1C(Cl)CC1CCCCCC1. The minimum atomic E-state index is 0.0514. The monoisotopic (exact) mass is 344 g/mol. The number of rotatable bonds is 4. The molecule has 2 rings (SSSR count). The first-order chi connectivity index (χ1) is 9.20. The summed E-state index contributed by atoms with van der Waals surface area (Å²) in [6.07, 6.45) is 9.24. The molecule has 0 radical (unpaired) electrons. The van der Waals surface area contributed by atoms with Gasteiger partial charge in [0.1, 0.15) is 5.75 Å². The Bertz CT molecular complexity index is 400. The third-order valence-electron chi connectivity index (χ3n) is 4.04. The second-order valence-corrected chi connectivity index (χ2v) is 6.89. The van der Waals surface area contributed by atoms with Gasteiger partial charge in [0.2, 0.25) is 0 Å². The molecule has 0 saturated heterocycles. The number of halogens is 2. The summed E-state index contributed by atoms with van der Waals surface area (Å²) in [4.78, 5) is 0. The molecule has 1 nitrogen and oxygen atoms in total. The molecule has 1 aliphatic rings. The van der Waals surface area contributed by atoms with E-state index in [0.717, 1.165) is 28.1 Å². The molecule has 19 heavy (non-hydrogen) atoms. The van der Waals surface area contributed by atoms with Gasteiger partial charge >= 0.3 is 0 Å². The highest BCUT2D eigenvalue weighted by Gasteiger charge is 2.20. The normalized spacial score (nSPS) is 18.9. The van der Waals surface area contributed by atoms with E-state index < -0.39 is 0 Å². The van der Waals surface area contributed by atoms with Crippen LogP contribution in [0.15, 0.2) is 22.7 Å². The number of hydrogen-bond donors (Lipinski definition) is 0. The summed E-state index contributed by atoms with van der Waals surface area (Å²) >= 11 is 10.2.